The number of carboxylic acids is 6. The summed E-state index contributed by atoms with van der Waals surface area (Å²) in [6.45, 7) is -5.22. The van der Waals surface area contributed by atoms with E-state index >= 15 is 0 Å². The van der Waals surface area contributed by atoms with Gasteiger partial charge in [-0.1, -0.05) is 0 Å². The molecule has 0 saturated heterocycles. The van der Waals surface area contributed by atoms with Crippen molar-refractivity contribution in [3.63, 3.8) is 0 Å². The maximum absolute atomic E-state index is 11.0. The third-order valence-electron chi connectivity index (χ3n) is 4.31. The first kappa shape index (κ1) is 58.2. The molecule has 0 aromatic rings. The molecule has 22 heteroatoms. The van der Waals surface area contributed by atoms with Crippen molar-refractivity contribution in [3.05, 3.63) is 0 Å². The summed E-state index contributed by atoms with van der Waals surface area (Å²) in [6.07, 6.45) is 0. The Morgan fingerprint density at radius 3 is 0.575 bits per heavy atom. The van der Waals surface area contributed by atoms with Gasteiger partial charge in [-0.15, -0.1) is 0 Å². The average molecular weight is 626 g/mol. The van der Waals surface area contributed by atoms with Crippen molar-refractivity contribution in [3.8, 4) is 0 Å². The van der Waals surface area contributed by atoms with E-state index in [0.717, 1.165) is 9.80 Å². The standard InChI is InChI=1S/C18H30N4O12.6Na/c23-13(24)7-19(3-5-21(9-15(27)28)10-16(29)30)1-2-20(8-14(25)26)4-6-22(11-17(31)32)12-18(33)34;;;;;;/h1-12H2,(H,23,24)(H,25,26)(H,27,28)(H,29,30)(H,31,32)(H,33,34);;;;;;/q;6*+1/p-6. The average Bonchev–Trinajstić information content (AvgIpc) is 2.64. The molecule has 0 unspecified atom stereocenters. The van der Waals surface area contributed by atoms with Gasteiger partial charge in [-0.05, 0) is 0 Å². The van der Waals surface area contributed by atoms with Gasteiger partial charge in [-0.3, -0.25) is 19.6 Å². The van der Waals surface area contributed by atoms with Gasteiger partial charge < -0.3 is 59.4 Å². The maximum atomic E-state index is 11.0. The molecule has 0 saturated carbocycles. The van der Waals surface area contributed by atoms with Crippen molar-refractivity contribution < 1.29 is 237 Å². The first-order valence-corrected chi connectivity index (χ1v) is 9.87. The summed E-state index contributed by atoms with van der Waals surface area (Å²) in [6, 6.07) is 0. The van der Waals surface area contributed by atoms with Crippen molar-refractivity contribution in [2.45, 2.75) is 0 Å². The predicted molar refractivity (Wildman–Crippen MR) is 95.8 cm³/mol. The number of hydrogen-bond donors (Lipinski definition) is 0. The van der Waals surface area contributed by atoms with Crippen molar-refractivity contribution in [2.75, 3.05) is 78.5 Å². The van der Waals surface area contributed by atoms with E-state index in [9.17, 15) is 59.4 Å². The molecule has 0 aliphatic heterocycles. The summed E-state index contributed by atoms with van der Waals surface area (Å²) < 4.78 is 0. The Labute approximate surface area is 364 Å². The molecule has 0 amide bonds. The van der Waals surface area contributed by atoms with Crippen LogP contribution in [0.15, 0.2) is 0 Å². The monoisotopic (exact) mass is 626 g/mol. The summed E-state index contributed by atoms with van der Waals surface area (Å²) in [4.78, 5) is 69.4. The Balaban J connectivity index is -0.000000363. The minimum atomic E-state index is -1.56. The summed E-state index contributed by atoms with van der Waals surface area (Å²) in [5.41, 5.74) is 0. The molecular weight excluding hydrogens is 602 g/mol. The van der Waals surface area contributed by atoms with E-state index in [1.54, 1.807) is 0 Å². The van der Waals surface area contributed by atoms with Gasteiger partial charge in [-0.25, -0.2) is 0 Å². The van der Waals surface area contributed by atoms with E-state index in [4.69, 9.17) is 0 Å². The largest absolute Gasteiger partial charge is 1.00 e. The van der Waals surface area contributed by atoms with Gasteiger partial charge in [0.2, 0.25) is 0 Å². The van der Waals surface area contributed by atoms with Crippen LogP contribution < -0.4 is 208 Å². The minimum absolute atomic E-state index is 0. The number of nitrogens with zero attached hydrogens (tertiary/aromatic N) is 4. The van der Waals surface area contributed by atoms with Crippen molar-refractivity contribution in [1.82, 2.24) is 19.6 Å². The van der Waals surface area contributed by atoms with Crippen LogP contribution >= 0.6 is 0 Å². The van der Waals surface area contributed by atoms with Crippen molar-refractivity contribution in [2.24, 2.45) is 0 Å². The van der Waals surface area contributed by atoms with E-state index < -0.39 is 75.1 Å². The Morgan fingerprint density at radius 1 is 0.300 bits per heavy atom. The van der Waals surface area contributed by atoms with Crippen LogP contribution in [0.5, 0.6) is 0 Å². The van der Waals surface area contributed by atoms with E-state index in [2.05, 4.69) is 0 Å². The third kappa shape index (κ3) is 36.8. The van der Waals surface area contributed by atoms with E-state index in [0.29, 0.717) is 0 Å². The Hall–Kier alpha value is 2.66. The number of carboxylic acid groups (broad SMARTS) is 6. The second-order valence-electron chi connectivity index (χ2n) is 7.21. The van der Waals surface area contributed by atoms with Crippen LogP contribution in [0.1, 0.15) is 0 Å². The van der Waals surface area contributed by atoms with Gasteiger partial charge in [0.25, 0.3) is 0 Å². The molecule has 0 atom stereocenters. The van der Waals surface area contributed by atoms with E-state index in [1.807, 2.05) is 0 Å². The first-order chi connectivity index (χ1) is 15.8. The molecule has 0 bridgehead atoms. The maximum Gasteiger partial charge on any atom is 1.00 e. The summed E-state index contributed by atoms with van der Waals surface area (Å²) in [5.74, 6) is -9.27. The summed E-state index contributed by atoms with van der Waals surface area (Å²) in [7, 11) is 0. The molecule has 0 aliphatic rings. The SMILES string of the molecule is O=C([O-])CN(CCN(CCN(CC(=O)[O-])CC(=O)[O-])CC(=O)[O-])CCN(CC(=O)[O-])CC(=O)[O-].[Na+].[Na+].[Na+].[Na+].[Na+].[Na+]. The van der Waals surface area contributed by atoms with Crippen LogP contribution in [0.2, 0.25) is 0 Å². The van der Waals surface area contributed by atoms with Crippen LogP contribution in [0.4, 0.5) is 0 Å². The molecule has 0 spiro atoms. The second kappa shape index (κ2) is 34.5. The number of rotatable bonds is 21. The van der Waals surface area contributed by atoms with Gasteiger partial charge in [-0.2, -0.15) is 0 Å². The van der Waals surface area contributed by atoms with Crippen LogP contribution in [0, 0.1) is 0 Å². The van der Waals surface area contributed by atoms with Crippen molar-refractivity contribution in [1.29, 1.82) is 0 Å². The fourth-order valence-electron chi connectivity index (χ4n) is 2.91. The normalized spacial score (nSPS) is 9.60. The van der Waals surface area contributed by atoms with E-state index in [1.165, 1.54) is 9.80 Å². The molecule has 0 aliphatic carbocycles. The van der Waals surface area contributed by atoms with Crippen LogP contribution in [0.3, 0.4) is 0 Å². The Morgan fingerprint density at radius 2 is 0.425 bits per heavy atom. The number of hydrogen-bond acceptors (Lipinski definition) is 16. The molecular formula is C18H24N4Na6O12. The summed E-state index contributed by atoms with van der Waals surface area (Å²) in [5, 5.41) is 65.1. The Kier molecular flexibility index (Phi) is 50.3. The molecule has 194 valence electrons. The molecule has 0 heterocycles. The molecule has 0 fully saturated rings. The van der Waals surface area contributed by atoms with Crippen molar-refractivity contribution >= 4 is 35.8 Å². The van der Waals surface area contributed by atoms with Crippen LogP contribution in [0.25, 0.3) is 0 Å². The second-order valence-corrected chi connectivity index (χ2v) is 7.21. The first-order valence-electron chi connectivity index (χ1n) is 9.87. The molecule has 0 aromatic heterocycles. The summed E-state index contributed by atoms with van der Waals surface area (Å²) >= 11 is 0. The van der Waals surface area contributed by atoms with Gasteiger partial charge in [0.15, 0.2) is 0 Å². The number of aliphatic carboxylic acids is 6. The molecule has 0 rings (SSSR count). The topological polar surface area (TPSA) is 254 Å². The zero-order valence-corrected chi connectivity index (χ0v) is 36.2. The Bertz CT molecular complexity index is 664. The van der Waals surface area contributed by atoms with Gasteiger partial charge in [0.05, 0.1) is 35.8 Å². The molecule has 0 N–H and O–H groups in total. The zero-order valence-electron chi connectivity index (χ0n) is 24.2. The number of carbonyl (C=O) groups is 6. The predicted octanol–water partition coefficient (Wildman–Crippen LogP) is -29.3. The molecule has 0 radical (unpaired) electrons. The van der Waals surface area contributed by atoms with E-state index in [-0.39, 0.29) is 217 Å². The van der Waals surface area contributed by atoms with Gasteiger partial charge in [0, 0.05) is 78.5 Å². The van der Waals surface area contributed by atoms with Gasteiger partial charge >= 0.3 is 177 Å². The quantitative estimate of drug-likeness (QED) is 0.107. The molecule has 16 nitrogen and oxygen atoms in total. The fraction of sp³-hybridized carbons (Fsp3) is 0.667. The van der Waals surface area contributed by atoms with Gasteiger partial charge in [0.1, 0.15) is 0 Å². The molecule has 0 aromatic carbocycles. The smallest absolute Gasteiger partial charge is 0.549 e. The van der Waals surface area contributed by atoms with Crippen LogP contribution in [-0.2, 0) is 28.8 Å². The minimum Gasteiger partial charge on any atom is -0.549 e. The van der Waals surface area contributed by atoms with Crippen LogP contribution in [-0.4, -0.2) is 134 Å². The molecule has 40 heavy (non-hydrogen) atoms. The number of carbonyl (C=O) groups excluding carboxylic acids is 6. The zero-order chi connectivity index (χ0) is 26.3. The fourth-order valence-corrected chi connectivity index (χ4v) is 2.91. The third-order valence-corrected chi connectivity index (χ3v) is 4.31.